The molecule has 2 aromatic rings. The number of alkyl halides is 3. The van der Waals surface area contributed by atoms with E-state index in [1.54, 1.807) is 0 Å². The number of halogens is 5. The summed E-state index contributed by atoms with van der Waals surface area (Å²) < 4.78 is 39.0. The van der Waals surface area contributed by atoms with Crippen LogP contribution in [-0.2, 0) is 13.2 Å². The summed E-state index contributed by atoms with van der Waals surface area (Å²) in [6, 6.07) is 6.65. The van der Waals surface area contributed by atoms with Crippen molar-refractivity contribution in [2.45, 2.75) is 6.18 Å². The van der Waals surface area contributed by atoms with Crippen LogP contribution in [0.3, 0.4) is 0 Å². The van der Waals surface area contributed by atoms with E-state index < -0.39 is 17.3 Å². The monoisotopic (exact) mass is 321 g/mol. The van der Waals surface area contributed by atoms with Gasteiger partial charge in [0.1, 0.15) is 10.8 Å². The van der Waals surface area contributed by atoms with E-state index >= 15 is 0 Å². The minimum atomic E-state index is -4.64. The molecule has 7 heteroatoms. The maximum absolute atomic E-state index is 12.8. The second kappa shape index (κ2) is 5.14. The normalized spacial score (nSPS) is 11.7. The Labute approximate surface area is 122 Å². The maximum Gasteiger partial charge on any atom is 0.431 e. The average Bonchev–Trinajstić information content (AvgIpc) is 2.35. The van der Waals surface area contributed by atoms with Crippen LogP contribution in [0.15, 0.2) is 35.1 Å². The fourth-order valence-electron chi connectivity index (χ4n) is 1.82. The summed E-state index contributed by atoms with van der Waals surface area (Å²) in [6.45, 7) is 0. The van der Waals surface area contributed by atoms with Crippen molar-refractivity contribution in [3.05, 3.63) is 56.4 Å². The van der Waals surface area contributed by atoms with Crippen LogP contribution in [0.2, 0.25) is 10.2 Å². The second-order valence-corrected chi connectivity index (χ2v) is 4.92. The maximum atomic E-state index is 12.8. The van der Waals surface area contributed by atoms with E-state index in [2.05, 4.69) is 0 Å². The molecule has 0 fully saturated rings. The molecule has 0 saturated heterocycles. The molecule has 1 aromatic heterocycles. The largest absolute Gasteiger partial charge is 0.431 e. The van der Waals surface area contributed by atoms with E-state index in [0.717, 1.165) is 11.6 Å². The first-order valence-electron chi connectivity index (χ1n) is 5.44. The third kappa shape index (κ3) is 2.69. The number of rotatable bonds is 1. The Morgan fingerprint density at radius 2 is 1.65 bits per heavy atom. The van der Waals surface area contributed by atoms with Gasteiger partial charge in [0.15, 0.2) is 5.43 Å². The summed E-state index contributed by atoms with van der Waals surface area (Å²) in [7, 11) is 1.16. The number of hydrogen-bond acceptors (Lipinski definition) is 1. The number of hydrogen-bond donors (Lipinski definition) is 0. The number of benzene rings is 1. The zero-order chi connectivity index (χ0) is 15.1. The quantitative estimate of drug-likeness (QED) is 0.714. The zero-order valence-electron chi connectivity index (χ0n) is 10.1. The second-order valence-electron chi connectivity index (χ2n) is 4.12. The van der Waals surface area contributed by atoms with Gasteiger partial charge in [0.2, 0.25) is 0 Å². The van der Waals surface area contributed by atoms with Crippen LogP contribution in [0.25, 0.3) is 11.1 Å². The van der Waals surface area contributed by atoms with Crippen molar-refractivity contribution in [1.82, 2.24) is 4.57 Å². The van der Waals surface area contributed by atoms with Crippen molar-refractivity contribution in [3.63, 3.8) is 0 Å². The Balaban J connectivity index is 2.71. The SMILES string of the molecule is Cn1c(C(F)(F)F)cc(=O)c(-c2ccc(Cl)cc2)c1Cl. The third-order valence-electron chi connectivity index (χ3n) is 2.80. The summed E-state index contributed by atoms with van der Waals surface area (Å²) in [5.41, 5.74) is -1.46. The lowest BCUT2D eigenvalue weighted by Gasteiger charge is -2.16. The first-order chi connectivity index (χ1) is 9.21. The molecule has 2 rings (SSSR count). The Morgan fingerprint density at radius 1 is 1.10 bits per heavy atom. The predicted octanol–water partition coefficient (Wildman–Crippen LogP) is 4.38. The first kappa shape index (κ1) is 14.9. The van der Waals surface area contributed by atoms with E-state index in [0.29, 0.717) is 16.7 Å². The fourth-order valence-corrected chi connectivity index (χ4v) is 2.24. The summed E-state index contributed by atoms with van der Waals surface area (Å²) in [4.78, 5) is 11.9. The molecule has 0 unspecified atom stereocenters. The Bertz CT molecular complexity index is 705. The van der Waals surface area contributed by atoms with Crippen LogP contribution in [0.5, 0.6) is 0 Å². The highest BCUT2D eigenvalue weighted by Gasteiger charge is 2.35. The molecule has 0 aliphatic carbocycles. The van der Waals surface area contributed by atoms with Gasteiger partial charge in [0.05, 0.1) is 5.56 Å². The van der Waals surface area contributed by atoms with Crippen molar-refractivity contribution in [2.75, 3.05) is 0 Å². The highest BCUT2D eigenvalue weighted by molar-refractivity contribution is 6.32. The topological polar surface area (TPSA) is 22.0 Å². The van der Waals surface area contributed by atoms with Gasteiger partial charge in [-0.05, 0) is 17.7 Å². The first-order valence-corrected chi connectivity index (χ1v) is 6.20. The minimum Gasteiger partial charge on any atom is -0.331 e. The molecule has 0 aliphatic heterocycles. The van der Waals surface area contributed by atoms with Gasteiger partial charge < -0.3 is 4.57 Å². The Kier molecular flexibility index (Phi) is 3.84. The Morgan fingerprint density at radius 3 is 2.15 bits per heavy atom. The molecule has 2 nitrogen and oxygen atoms in total. The van der Waals surface area contributed by atoms with Crippen molar-refractivity contribution >= 4 is 23.2 Å². The lowest BCUT2D eigenvalue weighted by molar-refractivity contribution is -0.143. The van der Waals surface area contributed by atoms with Gasteiger partial charge in [0, 0.05) is 18.1 Å². The van der Waals surface area contributed by atoms with Crippen LogP contribution < -0.4 is 5.43 Å². The molecule has 0 spiro atoms. The number of aromatic nitrogens is 1. The standard InChI is InChI=1S/C13H8Cl2F3NO/c1-19-10(13(16,17)18)6-9(20)11(12(19)15)7-2-4-8(14)5-3-7/h2-6H,1H3. The predicted molar refractivity (Wildman–Crippen MR) is 72.1 cm³/mol. The van der Waals surface area contributed by atoms with Crippen molar-refractivity contribution in [3.8, 4) is 11.1 Å². The molecule has 0 aliphatic rings. The number of pyridine rings is 1. The van der Waals surface area contributed by atoms with Gasteiger partial charge in [-0.2, -0.15) is 13.2 Å². The third-order valence-corrected chi connectivity index (χ3v) is 3.49. The van der Waals surface area contributed by atoms with Crippen LogP contribution in [0, 0.1) is 0 Å². The molecule has 1 aromatic carbocycles. The van der Waals surface area contributed by atoms with Gasteiger partial charge in [-0.1, -0.05) is 35.3 Å². The van der Waals surface area contributed by atoms with E-state index in [1.807, 2.05) is 0 Å². The van der Waals surface area contributed by atoms with Crippen molar-refractivity contribution in [2.24, 2.45) is 7.05 Å². The van der Waals surface area contributed by atoms with Gasteiger partial charge in [-0.15, -0.1) is 0 Å². The molecule has 106 valence electrons. The van der Waals surface area contributed by atoms with E-state index in [9.17, 15) is 18.0 Å². The van der Waals surface area contributed by atoms with Gasteiger partial charge in [-0.25, -0.2) is 0 Å². The van der Waals surface area contributed by atoms with Gasteiger partial charge in [0.25, 0.3) is 0 Å². The number of nitrogens with zero attached hydrogens (tertiary/aromatic N) is 1. The highest BCUT2D eigenvalue weighted by atomic mass is 35.5. The van der Waals surface area contributed by atoms with Crippen LogP contribution in [0.1, 0.15) is 5.69 Å². The molecule has 20 heavy (non-hydrogen) atoms. The zero-order valence-corrected chi connectivity index (χ0v) is 11.6. The summed E-state index contributed by atoms with van der Waals surface area (Å²) in [5, 5.41) is 0.181. The summed E-state index contributed by atoms with van der Waals surface area (Å²) in [5.74, 6) is 0. The van der Waals surface area contributed by atoms with Crippen LogP contribution in [-0.4, -0.2) is 4.57 Å². The van der Waals surface area contributed by atoms with Gasteiger partial charge >= 0.3 is 6.18 Å². The lowest BCUT2D eigenvalue weighted by atomic mass is 10.1. The van der Waals surface area contributed by atoms with Crippen LogP contribution >= 0.6 is 23.2 Å². The highest BCUT2D eigenvalue weighted by Crippen LogP contribution is 2.33. The van der Waals surface area contributed by atoms with Crippen LogP contribution in [0.4, 0.5) is 13.2 Å². The van der Waals surface area contributed by atoms with E-state index in [1.165, 1.54) is 24.3 Å². The summed E-state index contributed by atoms with van der Waals surface area (Å²) in [6.07, 6.45) is -4.64. The van der Waals surface area contributed by atoms with Crippen molar-refractivity contribution < 1.29 is 13.2 Å². The summed E-state index contributed by atoms with van der Waals surface area (Å²) >= 11 is 11.6. The average molecular weight is 322 g/mol. The van der Waals surface area contributed by atoms with Gasteiger partial charge in [-0.3, -0.25) is 4.79 Å². The lowest BCUT2D eigenvalue weighted by Crippen LogP contribution is -2.20. The molecule has 0 bridgehead atoms. The van der Waals surface area contributed by atoms with Crippen molar-refractivity contribution in [1.29, 1.82) is 0 Å². The molecular formula is C13H8Cl2F3NO. The smallest absolute Gasteiger partial charge is 0.331 e. The van der Waals surface area contributed by atoms with E-state index in [4.69, 9.17) is 23.2 Å². The molecule has 0 amide bonds. The fraction of sp³-hybridized carbons (Fsp3) is 0.154. The molecule has 0 atom stereocenters. The molecule has 0 saturated carbocycles. The Hall–Kier alpha value is -1.46. The molecule has 0 radical (unpaired) electrons. The molecular weight excluding hydrogens is 314 g/mol. The molecule has 1 heterocycles. The molecule has 0 N–H and O–H groups in total. The minimum absolute atomic E-state index is 0.0128. The van der Waals surface area contributed by atoms with E-state index in [-0.39, 0.29) is 10.7 Å².